The molecule has 1 aliphatic rings. The molecule has 3 heteroatoms. The number of carbonyl (C=O) groups excluding carboxylic acids is 1. The SMILES string of the molecule is CN1C[C@H](N(C)C)CCC/C=C\C1=O. The van der Waals surface area contributed by atoms with Gasteiger partial charge in [-0.2, -0.15) is 0 Å². The lowest BCUT2D eigenvalue weighted by molar-refractivity contribution is -0.125. The van der Waals surface area contributed by atoms with E-state index in [-0.39, 0.29) is 5.91 Å². The van der Waals surface area contributed by atoms with Crippen molar-refractivity contribution in [2.45, 2.75) is 25.3 Å². The molecule has 0 aromatic rings. The Labute approximate surface area is 86.4 Å². The van der Waals surface area contributed by atoms with Crippen LogP contribution in [-0.4, -0.2) is 49.4 Å². The van der Waals surface area contributed by atoms with Gasteiger partial charge in [0.2, 0.25) is 5.91 Å². The van der Waals surface area contributed by atoms with Crippen LogP contribution in [0.4, 0.5) is 0 Å². The van der Waals surface area contributed by atoms with Crippen LogP contribution < -0.4 is 0 Å². The van der Waals surface area contributed by atoms with Crippen LogP contribution in [0.3, 0.4) is 0 Å². The minimum Gasteiger partial charge on any atom is -0.341 e. The molecule has 0 N–H and O–H groups in total. The lowest BCUT2D eigenvalue weighted by atomic mass is 10.1. The summed E-state index contributed by atoms with van der Waals surface area (Å²) in [6.45, 7) is 0.830. The van der Waals surface area contributed by atoms with Crippen LogP contribution in [0.1, 0.15) is 19.3 Å². The Bertz CT molecular complexity index is 223. The molecule has 0 radical (unpaired) electrons. The molecule has 80 valence electrons. The van der Waals surface area contributed by atoms with Gasteiger partial charge in [0.05, 0.1) is 0 Å². The van der Waals surface area contributed by atoms with Gasteiger partial charge in [0.1, 0.15) is 0 Å². The lowest BCUT2D eigenvalue weighted by Gasteiger charge is -2.28. The van der Waals surface area contributed by atoms with Gasteiger partial charge in [-0.15, -0.1) is 0 Å². The van der Waals surface area contributed by atoms with Crippen LogP contribution in [0.2, 0.25) is 0 Å². The number of rotatable bonds is 1. The van der Waals surface area contributed by atoms with Crippen LogP contribution >= 0.6 is 0 Å². The van der Waals surface area contributed by atoms with E-state index in [0.717, 1.165) is 19.4 Å². The second-order valence-electron chi connectivity index (χ2n) is 4.17. The van der Waals surface area contributed by atoms with E-state index in [1.54, 1.807) is 11.0 Å². The largest absolute Gasteiger partial charge is 0.341 e. The van der Waals surface area contributed by atoms with E-state index < -0.39 is 0 Å². The quantitative estimate of drug-likeness (QED) is 0.627. The van der Waals surface area contributed by atoms with E-state index in [2.05, 4.69) is 19.0 Å². The number of allylic oxidation sites excluding steroid dienone is 1. The fourth-order valence-corrected chi connectivity index (χ4v) is 1.70. The number of amides is 1. The molecule has 0 fully saturated rings. The highest BCUT2D eigenvalue weighted by atomic mass is 16.2. The molecule has 0 bridgehead atoms. The second kappa shape index (κ2) is 5.15. The van der Waals surface area contributed by atoms with Crippen molar-refractivity contribution < 1.29 is 4.79 Å². The van der Waals surface area contributed by atoms with Crippen LogP contribution in [0.15, 0.2) is 12.2 Å². The van der Waals surface area contributed by atoms with Gasteiger partial charge >= 0.3 is 0 Å². The second-order valence-corrected chi connectivity index (χ2v) is 4.17. The zero-order valence-electron chi connectivity index (χ0n) is 9.36. The maximum absolute atomic E-state index is 11.5. The van der Waals surface area contributed by atoms with Gasteiger partial charge in [-0.3, -0.25) is 4.79 Å². The molecule has 0 spiro atoms. The van der Waals surface area contributed by atoms with E-state index in [4.69, 9.17) is 0 Å². The molecule has 1 atom stereocenters. The molecule has 1 amide bonds. The number of likely N-dealkylation sites (N-methyl/N-ethyl adjacent to an activating group) is 2. The Balaban J connectivity index is 2.63. The topological polar surface area (TPSA) is 23.6 Å². The summed E-state index contributed by atoms with van der Waals surface area (Å²) in [6.07, 6.45) is 7.02. The monoisotopic (exact) mass is 196 g/mol. The summed E-state index contributed by atoms with van der Waals surface area (Å²) in [5.74, 6) is 0.124. The maximum Gasteiger partial charge on any atom is 0.246 e. The van der Waals surface area contributed by atoms with Crippen LogP contribution in [0, 0.1) is 0 Å². The molecule has 1 heterocycles. The summed E-state index contributed by atoms with van der Waals surface area (Å²) >= 11 is 0. The van der Waals surface area contributed by atoms with Gasteiger partial charge in [0, 0.05) is 19.6 Å². The van der Waals surface area contributed by atoms with E-state index in [1.807, 2.05) is 13.1 Å². The van der Waals surface area contributed by atoms with Crippen molar-refractivity contribution in [1.29, 1.82) is 0 Å². The summed E-state index contributed by atoms with van der Waals surface area (Å²) in [4.78, 5) is 15.5. The van der Waals surface area contributed by atoms with Gasteiger partial charge in [-0.1, -0.05) is 6.08 Å². The van der Waals surface area contributed by atoms with Crippen LogP contribution in [-0.2, 0) is 4.79 Å². The number of nitrogens with zero attached hydrogens (tertiary/aromatic N) is 2. The number of carbonyl (C=O) groups is 1. The summed E-state index contributed by atoms with van der Waals surface area (Å²) in [5, 5.41) is 0. The molecule has 1 aliphatic heterocycles. The van der Waals surface area contributed by atoms with Crippen molar-refractivity contribution in [3.05, 3.63) is 12.2 Å². The third kappa shape index (κ3) is 3.14. The zero-order valence-corrected chi connectivity index (χ0v) is 9.36. The lowest BCUT2D eigenvalue weighted by Crippen LogP contribution is -2.40. The molecule has 0 unspecified atom stereocenters. The molecule has 0 aromatic heterocycles. The Morgan fingerprint density at radius 3 is 2.86 bits per heavy atom. The normalized spacial score (nSPS) is 27.0. The first kappa shape index (κ1) is 11.2. The van der Waals surface area contributed by atoms with Crippen molar-refractivity contribution >= 4 is 5.91 Å². The molecule has 1 rings (SSSR count). The van der Waals surface area contributed by atoms with Crippen molar-refractivity contribution in [1.82, 2.24) is 9.80 Å². The predicted octanol–water partition coefficient (Wildman–Crippen LogP) is 1.12. The molecule has 0 aromatic carbocycles. The Morgan fingerprint density at radius 2 is 2.21 bits per heavy atom. The molecular weight excluding hydrogens is 176 g/mol. The minimum absolute atomic E-state index is 0.124. The van der Waals surface area contributed by atoms with Crippen molar-refractivity contribution in [3.63, 3.8) is 0 Å². The van der Waals surface area contributed by atoms with Crippen molar-refractivity contribution in [3.8, 4) is 0 Å². The molecule has 0 saturated heterocycles. The van der Waals surface area contributed by atoms with Gasteiger partial charge in [-0.05, 0) is 39.4 Å². The van der Waals surface area contributed by atoms with E-state index in [9.17, 15) is 4.79 Å². The highest BCUT2D eigenvalue weighted by Gasteiger charge is 2.16. The van der Waals surface area contributed by atoms with Gasteiger partial charge < -0.3 is 9.80 Å². The Hall–Kier alpha value is -0.830. The van der Waals surface area contributed by atoms with Crippen LogP contribution in [0.25, 0.3) is 0 Å². The molecule has 14 heavy (non-hydrogen) atoms. The fraction of sp³-hybridized carbons (Fsp3) is 0.727. The van der Waals surface area contributed by atoms with E-state index in [0.29, 0.717) is 6.04 Å². The highest BCUT2D eigenvalue weighted by Crippen LogP contribution is 2.10. The van der Waals surface area contributed by atoms with Crippen molar-refractivity contribution in [2.24, 2.45) is 0 Å². The first-order chi connectivity index (χ1) is 6.61. The first-order valence-electron chi connectivity index (χ1n) is 5.19. The van der Waals surface area contributed by atoms with Gasteiger partial charge in [0.15, 0.2) is 0 Å². The summed E-state index contributed by atoms with van der Waals surface area (Å²) < 4.78 is 0. The third-order valence-corrected chi connectivity index (χ3v) is 2.76. The van der Waals surface area contributed by atoms with Gasteiger partial charge in [0.25, 0.3) is 0 Å². The van der Waals surface area contributed by atoms with Crippen molar-refractivity contribution in [2.75, 3.05) is 27.7 Å². The predicted molar refractivity (Wildman–Crippen MR) is 58.1 cm³/mol. The molecule has 0 aliphatic carbocycles. The standard InChI is InChI=1S/C11H20N2O/c1-12(2)10-7-5-4-6-8-11(14)13(3)9-10/h6,8,10H,4-5,7,9H2,1-3H3/b8-6-/t10-/m1/s1. The number of hydrogen-bond acceptors (Lipinski definition) is 2. The Kier molecular flexibility index (Phi) is 4.14. The highest BCUT2D eigenvalue weighted by molar-refractivity contribution is 5.87. The summed E-state index contributed by atoms with van der Waals surface area (Å²) in [7, 11) is 6.02. The molecular formula is C11H20N2O. The number of hydrogen-bond donors (Lipinski definition) is 0. The molecule has 3 nitrogen and oxygen atoms in total. The van der Waals surface area contributed by atoms with E-state index in [1.165, 1.54) is 6.42 Å². The average molecular weight is 196 g/mol. The summed E-state index contributed by atoms with van der Waals surface area (Å²) in [6, 6.07) is 0.490. The minimum atomic E-state index is 0.124. The first-order valence-corrected chi connectivity index (χ1v) is 5.19. The fourth-order valence-electron chi connectivity index (χ4n) is 1.70. The van der Waals surface area contributed by atoms with Crippen LogP contribution in [0.5, 0.6) is 0 Å². The third-order valence-electron chi connectivity index (χ3n) is 2.76. The van der Waals surface area contributed by atoms with E-state index >= 15 is 0 Å². The summed E-state index contributed by atoms with van der Waals surface area (Å²) in [5.41, 5.74) is 0. The Morgan fingerprint density at radius 1 is 1.50 bits per heavy atom. The zero-order chi connectivity index (χ0) is 10.6. The maximum atomic E-state index is 11.5. The van der Waals surface area contributed by atoms with Gasteiger partial charge in [-0.25, -0.2) is 0 Å². The average Bonchev–Trinajstić information content (AvgIpc) is 2.20. The molecule has 0 saturated carbocycles. The smallest absolute Gasteiger partial charge is 0.246 e.